The SMILES string of the molecule is N#C/C(=N\Nc1cccc(Oc2ccc(F)cc2)c1)C(=N)N. The number of ether oxygens (including phenoxy) is 1. The number of amidine groups is 1. The van der Waals surface area contributed by atoms with Gasteiger partial charge in [-0.2, -0.15) is 10.4 Å². The molecule has 0 aliphatic rings. The van der Waals surface area contributed by atoms with Gasteiger partial charge in [-0.05, 0) is 36.4 Å². The molecule has 0 amide bonds. The first kappa shape index (κ1) is 15.0. The summed E-state index contributed by atoms with van der Waals surface area (Å²) < 4.78 is 18.4. The fraction of sp³-hybridized carbons (Fsp3) is 0. The highest BCUT2D eigenvalue weighted by Gasteiger charge is 2.02. The van der Waals surface area contributed by atoms with Crippen molar-refractivity contribution in [3.63, 3.8) is 0 Å². The Bertz CT molecular complexity index is 749. The molecule has 0 atom stereocenters. The lowest BCUT2D eigenvalue weighted by Gasteiger charge is -2.07. The molecule has 6 nitrogen and oxygen atoms in total. The molecular weight excluding hydrogens is 285 g/mol. The van der Waals surface area contributed by atoms with Crippen LogP contribution in [0.2, 0.25) is 0 Å². The first-order valence-corrected chi connectivity index (χ1v) is 6.20. The topological polar surface area (TPSA) is 107 Å². The Hall–Kier alpha value is -3.40. The van der Waals surface area contributed by atoms with Crippen LogP contribution >= 0.6 is 0 Å². The lowest BCUT2D eigenvalue weighted by atomic mass is 10.3. The molecule has 0 saturated carbocycles. The van der Waals surface area contributed by atoms with E-state index in [0.717, 1.165) is 0 Å². The summed E-state index contributed by atoms with van der Waals surface area (Å²) in [6, 6.07) is 14.1. The Balaban J connectivity index is 2.12. The van der Waals surface area contributed by atoms with Crippen molar-refractivity contribution in [1.29, 1.82) is 10.7 Å². The van der Waals surface area contributed by atoms with Crippen molar-refractivity contribution >= 4 is 17.2 Å². The van der Waals surface area contributed by atoms with Gasteiger partial charge in [0.25, 0.3) is 0 Å². The average molecular weight is 297 g/mol. The smallest absolute Gasteiger partial charge is 0.201 e. The van der Waals surface area contributed by atoms with Crippen molar-refractivity contribution in [2.75, 3.05) is 5.43 Å². The van der Waals surface area contributed by atoms with Gasteiger partial charge >= 0.3 is 0 Å². The predicted octanol–water partition coefficient (Wildman–Crippen LogP) is 2.85. The number of halogens is 1. The minimum atomic E-state index is -0.422. The van der Waals surface area contributed by atoms with E-state index in [1.165, 1.54) is 24.3 Å². The van der Waals surface area contributed by atoms with Crippen LogP contribution in [0.15, 0.2) is 53.6 Å². The fourth-order valence-electron chi connectivity index (χ4n) is 1.53. The fourth-order valence-corrected chi connectivity index (χ4v) is 1.53. The number of hydrogen-bond acceptors (Lipinski definition) is 5. The van der Waals surface area contributed by atoms with Gasteiger partial charge in [0.2, 0.25) is 5.71 Å². The third-order valence-corrected chi connectivity index (χ3v) is 2.54. The summed E-state index contributed by atoms with van der Waals surface area (Å²) in [4.78, 5) is 0. The highest BCUT2D eigenvalue weighted by molar-refractivity contribution is 6.45. The van der Waals surface area contributed by atoms with Crippen molar-refractivity contribution in [2.45, 2.75) is 0 Å². The van der Waals surface area contributed by atoms with Crippen LogP contribution in [0.5, 0.6) is 11.5 Å². The van der Waals surface area contributed by atoms with E-state index >= 15 is 0 Å². The summed E-state index contributed by atoms with van der Waals surface area (Å²) >= 11 is 0. The van der Waals surface area contributed by atoms with Crippen molar-refractivity contribution in [2.24, 2.45) is 10.8 Å². The average Bonchev–Trinajstić information content (AvgIpc) is 2.50. The molecule has 2 aromatic carbocycles. The quantitative estimate of drug-likeness (QED) is 0.448. The number of benzene rings is 2. The number of nitrogens with one attached hydrogen (secondary N) is 2. The van der Waals surface area contributed by atoms with E-state index < -0.39 is 5.84 Å². The summed E-state index contributed by atoms with van der Waals surface area (Å²) in [6.07, 6.45) is 0. The third kappa shape index (κ3) is 4.05. The Morgan fingerprint density at radius 3 is 2.59 bits per heavy atom. The lowest BCUT2D eigenvalue weighted by Crippen LogP contribution is -2.21. The van der Waals surface area contributed by atoms with Gasteiger partial charge in [0, 0.05) is 6.07 Å². The second-order valence-electron chi connectivity index (χ2n) is 4.18. The molecule has 110 valence electrons. The standard InChI is InChI=1S/C15H12FN5O/c16-10-4-6-12(7-5-10)22-13-3-1-2-11(8-13)20-21-14(9-17)15(18)19/h1-8,20H,(H3,18,19)/b21-14+. The maximum absolute atomic E-state index is 12.8. The molecule has 2 aromatic rings. The number of nitrogens with two attached hydrogens (primary N) is 1. The van der Waals surface area contributed by atoms with Gasteiger partial charge in [-0.15, -0.1) is 0 Å². The van der Waals surface area contributed by atoms with E-state index in [2.05, 4.69) is 10.5 Å². The molecular formula is C15H12FN5O. The van der Waals surface area contributed by atoms with Gasteiger partial charge in [0.05, 0.1) is 5.69 Å². The molecule has 0 radical (unpaired) electrons. The van der Waals surface area contributed by atoms with Crippen molar-refractivity contribution in [1.82, 2.24) is 0 Å². The molecule has 0 unspecified atom stereocenters. The first-order valence-electron chi connectivity index (χ1n) is 6.20. The number of nitrogens with zero attached hydrogens (tertiary/aromatic N) is 2. The normalized spacial score (nSPS) is 10.6. The maximum atomic E-state index is 12.8. The van der Waals surface area contributed by atoms with Gasteiger partial charge in [0.15, 0.2) is 5.84 Å². The van der Waals surface area contributed by atoms with Crippen molar-refractivity contribution in [3.05, 3.63) is 54.3 Å². The van der Waals surface area contributed by atoms with Crippen LogP contribution in [0, 0.1) is 22.6 Å². The van der Waals surface area contributed by atoms with Crippen LogP contribution in [0.4, 0.5) is 10.1 Å². The van der Waals surface area contributed by atoms with Gasteiger partial charge in [0.1, 0.15) is 23.4 Å². The highest BCUT2D eigenvalue weighted by atomic mass is 19.1. The van der Waals surface area contributed by atoms with Gasteiger partial charge in [-0.3, -0.25) is 10.8 Å². The maximum Gasteiger partial charge on any atom is 0.201 e. The second-order valence-corrected chi connectivity index (χ2v) is 4.18. The zero-order chi connectivity index (χ0) is 15.9. The number of hydrogen-bond donors (Lipinski definition) is 3. The molecule has 0 aliphatic heterocycles. The van der Waals surface area contributed by atoms with E-state index in [1.54, 1.807) is 30.3 Å². The Kier molecular flexibility index (Phi) is 4.67. The minimum Gasteiger partial charge on any atom is -0.457 e. The van der Waals surface area contributed by atoms with Crippen LogP contribution in [-0.2, 0) is 0 Å². The number of hydrazone groups is 1. The lowest BCUT2D eigenvalue weighted by molar-refractivity contribution is 0.481. The third-order valence-electron chi connectivity index (χ3n) is 2.54. The zero-order valence-corrected chi connectivity index (χ0v) is 11.4. The molecule has 22 heavy (non-hydrogen) atoms. The summed E-state index contributed by atoms with van der Waals surface area (Å²) in [6.45, 7) is 0. The van der Waals surface area contributed by atoms with Crippen molar-refractivity contribution < 1.29 is 9.13 Å². The molecule has 0 aromatic heterocycles. The molecule has 2 rings (SSSR count). The van der Waals surface area contributed by atoms with E-state index in [9.17, 15) is 4.39 Å². The van der Waals surface area contributed by atoms with Crippen LogP contribution in [0.25, 0.3) is 0 Å². The largest absolute Gasteiger partial charge is 0.457 e. The molecule has 0 saturated heterocycles. The van der Waals surface area contributed by atoms with E-state index in [0.29, 0.717) is 17.2 Å². The van der Waals surface area contributed by atoms with E-state index in [-0.39, 0.29) is 11.5 Å². The van der Waals surface area contributed by atoms with Crippen LogP contribution in [0.3, 0.4) is 0 Å². The Morgan fingerprint density at radius 1 is 1.23 bits per heavy atom. The van der Waals surface area contributed by atoms with Crippen LogP contribution in [-0.4, -0.2) is 11.5 Å². The zero-order valence-electron chi connectivity index (χ0n) is 11.4. The van der Waals surface area contributed by atoms with Crippen LogP contribution in [0.1, 0.15) is 0 Å². The van der Waals surface area contributed by atoms with Gasteiger partial charge < -0.3 is 10.5 Å². The molecule has 7 heteroatoms. The number of nitriles is 1. The molecule has 0 heterocycles. The Morgan fingerprint density at radius 2 is 1.95 bits per heavy atom. The summed E-state index contributed by atoms with van der Waals surface area (Å²) in [5.41, 5.74) is 8.14. The molecule has 0 fully saturated rings. The van der Waals surface area contributed by atoms with E-state index in [4.69, 9.17) is 21.1 Å². The molecule has 0 aliphatic carbocycles. The van der Waals surface area contributed by atoms with Crippen molar-refractivity contribution in [3.8, 4) is 17.6 Å². The number of anilines is 1. The van der Waals surface area contributed by atoms with Gasteiger partial charge in [-0.25, -0.2) is 4.39 Å². The first-order chi connectivity index (χ1) is 10.6. The second kappa shape index (κ2) is 6.85. The van der Waals surface area contributed by atoms with E-state index in [1.807, 2.05) is 0 Å². The molecule has 4 N–H and O–H groups in total. The predicted molar refractivity (Wildman–Crippen MR) is 81.5 cm³/mol. The summed E-state index contributed by atoms with van der Waals surface area (Å²) in [5.74, 6) is 0.232. The summed E-state index contributed by atoms with van der Waals surface area (Å²) in [5, 5.41) is 19.6. The molecule has 0 spiro atoms. The highest BCUT2D eigenvalue weighted by Crippen LogP contribution is 2.24. The Labute approximate surface area is 126 Å². The number of rotatable bonds is 5. The van der Waals surface area contributed by atoms with Crippen LogP contribution < -0.4 is 15.9 Å². The minimum absolute atomic E-state index is 0.218. The molecule has 0 bridgehead atoms. The summed E-state index contributed by atoms with van der Waals surface area (Å²) in [7, 11) is 0. The monoisotopic (exact) mass is 297 g/mol. The van der Waals surface area contributed by atoms with Gasteiger partial charge in [-0.1, -0.05) is 6.07 Å².